The fourth-order valence-electron chi connectivity index (χ4n) is 1.84. The average Bonchev–Trinajstić information content (AvgIpc) is 2.74. The Morgan fingerprint density at radius 2 is 2.17 bits per heavy atom. The third-order valence-electron chi connectivity index (χ3n) is 2.90. The molecule has 1 N–H and O–H groups in total. The molecule has 0 aliphatic carbocycles. The summed E-state index contributed by atoms with van der Waals surface area (Å²) in [5, 5.41) is 2.71. The fourth-order valence-corrected chi connectivity index (χ4v) is 2.66. The Hall–Kier alpha value is -0.710. The maximum Gasteiger partial charge on any atom is 0.328 e. The standard InChI is InChI=1S/C13H23NO3S/c1-2-3-4-5-6-9-18-10-12(15)14-11-7-8-17-13(11)16/h11H,2-10H2,1H3,(H,14,15)/t11-/m0/s1. The summed E-state index contributed by atoms with van der Waals surface area (Å²) in [6.45, 7) is 2.63. The van der Waals surface area contributed by atoms with Gasteiger partial charge in [0.25, 0.3) is 0 Å². The van der Waals surface area contributed by atoms with Gasteiger partial charge in [0, 0.05) is 6.42 Å². The van der Waals surface area contributed by atoms with Gasteiger partial charge >= 0.3 is 5.97 Å². The highest BCUT2D eigenvalue weighted by Crippen LogP contribution is 2.10. The molecule has 0 bridgehead atoms. The number of unbranched alkanes of at least 4 members (excludes halogenated alkanes) is 4. The lowest BCUT2D eigenvalue weighted by Crippen LogP contribution is -2.38. The van der Waals surface area contributed by atoms with Crippen LogP contribution in [-0.4, -0.2) is 36.0 Å². The molecule has 18 heavy (non-hydrogen) atoms. The molecule has 0 saturated carbocycles. The first-order valence-corrected chi connectivity index (χ1v) is 7.93. The van der Waals surface area contributed by atoms with Gasteiger partial charge in [-0.2, -0.15) is 11.8 Å². The van der Waals surface area contributed by atoms with Crippen molar-refractivity contribution in [3.8, 4) is 0 Å². The number of nitrogens with one attached hydrogen (secondary N) is 1. The number of ether oxygens (including phenoxy) is 1. The molecule has 0 aromatic heterocycles. The molecule has 0 aromatic rings. The van der Waals surface area contributed by atoms with Crippen molar-refractivity contribution in [1.29, 1.82) is 0 Å². The Bertz CT molecular complexity index is 271. The predicted octanol–water partition coefficient (Wildman–Crippen LogP) is 2.12. The van der Waals surface area contributed by atoms with Crippen LogP contribution >= 0.6 is 11.8 Å². The normalized spacial score (nSPS) is 18.7. The SMILES string of the molecule is CCCCCCCSCC(=O)N[C@H]1CCOC1=O. The smallest absolute Gasteiger partial charge is 0.328 e. The van der Waals surface area contributed by atoms with E-state index in [9.17, 15) is 9.59 Å². The monoisotopic (exact) mass is 273 g/mol. The summed E-state index contributed by atoms with van der Waals surface area (Å²) in [5.41, 5.74) is 0. The fraction of sp³-hybridized carbons (Fsp3) is 0.846. The van der Waals surface area contributed by atoms with Crippen LogP contribution in [0.2, 0.25) is 0 Å². The summed E-state index contributed by atoms with van der Waals surface area (Å²) in [7, 11) is 0. The molecular weight excluding hydrogens is 250 g/mol. The van der Waals surface area contributed by atoms with E-state index in [2.05, 4.69) is 12.2 Å². The molecule has 1 heterocycles. The van der Waals surface area contributed by atoms with Crippen LogP contribution in [0.3, 0.4) is 0 Å². The summed E-state index contributed by atoms with van der Waals surface area (Å²) in [6.07, 6.45) is 6.87. The molecule has 1 atom stereocenters. The molecule has 104 valence electrons. The molecule has 1 saturated heterocycles. The van der Waals surface area contributed by atoms with Gasteiger partial charge in [-0.1, -0.05) is 32.6 Å². The highest BCUT2D eigenvalue weighted by atomic mass is 32.2. The van der Waals surface area contributed by atoms with E-state index in [-0.39, 0.29) is 11.9 Å². The number of carbonyl (C=O) groups is 2. The molecular formula is C13H23NO3S. The lowest BCUT2D eigenvalue weighted by Gasteiger charge is -2.08. The van der Waals surface area contributed by atoms with Gasteiger partial charge in [0.05, 0.1) is 12.4 Å². The van der Waals surface area contributed by atoms with Gasteiger partial charge in [-0.15, -0.1) is 0 Å². The third kappa shape index (κ3) is 6.28. The molecule has 0 radical (unpaired) electrons. The van der Waals surface area contributed by atoms with E-state index in [1.54, 1.807) is 11.8 Å². The molecule has 0 aromatic carbocycles. The lowest BCUT2D eigenvalue weighted by atomic mass is 10.2. The Balaban J connectivity index is 1.95. The molecule has 1 rings (SSSR count). The van der Waals surface area contributed by atoms with Crippen molar-refractivity contribution in [2.45, 2.75) is 51.5 Å². The van der Waals surface area contributed by atoms with E-state index in [4.69, 9.17) is 4.74 Å². The third-order valence-corrected chi connectivity index (χ3v) is 3.94. The Morgan fingerprint density at radius 3 is 2.83 bits per heavy atom. The summed E-state index contributed by atoms with van der Waals surface area (Å²) in [5.74, 6) is 1.11. The highest BCUT2D eigenvalue weighted by molar-refractivity contribution is 7.99. The lowest BCUT2D eigenvalue weighted by molar-refractivity contribution is -0.141. The largest absolute Gasteiger partial charge is 0.464 e. The van der Waals surface area contributed by atoms with Crippen molar-refractivity contribution in [3.05, 3.63) is 0 Å². The minimum atomic E-state index is -0.414. The number of amides is 1. The Labute approximate surface area is 113 Å². The van der Waals surface area contributed by atoms with E-state index in [0.29, 0.717) is 18.8 Å². The molecule has 1 fully saturated rings. The number of hydrogen-bond acceptors (Lipinski definition) is 4. The van der Waals surface area contributed by atoms with E-state index < -0.39 is 6.04 Å². The van der Waals surface area contributed by atoms with Crippen LogP contribution < -0.4 is 5.32 Å². The second-order valence-electron chi connectivity index (χ2n) is 4.54. The van der Waals surface area contributed by atoms with Crippen molar-refractivity contribution in [2.75, 3.05) is 18.1 Å². The predicted molar refractivity (Wildman–Crippen MR) is 73.6 cm³/mol. The van der Waals surface area contributed by atoms with Gasteiger partial charge in [-0.05, 0) is 12.2 Å². The summed E-state index contributed by atoms with van der Waals surface area (Å²) in [4.78, 5) is 22.7. The van der Waals surface area contributed by atoms with Crippen molar-refractivity contribution < 1.29 is 14.3 Å². The first-order valence-electron chi connectivity index (χ1n) is 6.77. The molecule has 0 spiro atoms. The van der Waals surface area contributed by atoms with Crippen LogP contribution in [0.4, 0.5) is 0 Å². The number of thioether (sulfide) groups is 1. The van der Waals surface area contributed by atoms with Crippen LogP contribution in [0, 0.1) is 0 Å². The van der Waals surface area contributed by atoms with Gasteiger partial charge in [0.1, 0.15) is 6.04 Å². The number of esters is 1. The van der Waals surface area contributed by atoms with E-state index in [0.717, 1.165) is 5.75 Å². The second kappa shape index (κ2) is 9.25. The topological polar surface area (TPSA) is 55.4 Å². The molecule has 1 aliphatic heterocycles. The van der Waals surface area contributed by atoms with Crippen LogP contribution in [0.1, 0.15) is 45.4 Å². The quantitative estimate of drug-likeness (QED) is 0.516. The van der Waals surface area contributed by atoms with Crippen LogP contribution in [-0.2, 0) is 14.3 Å². The molecule has 0 unspecified atom stereocenters. The summed E-state index contributed by atoms with van der Waals surface area (Å²) < 4.78 is 4.79. The van der Waals surface area contributed by atoms with Crippen LogP contribution in [0.25, 0.3) is 0 Å². The van der Waals surface area contributed by atoms with Crippen molar-refractivity contribution in [1.82, 2.24) is 5.32 Å². The van der Waals surface area contributed by atoms with Crippen LogP contribution in [0.5, 0.6) is 0 Å². The maximum atomic E-state index is 11.5. The Morgan fingerprint density at radius 1 is 1.39 bits per heavy atom. The van der Waals surface area contributed by atoms with E-state index in [1.165, 1.54) is 32.1 Å². The molecule has 1 amide bonds. The van der Waals surface area contributed by atoms with E-state index in [1.807, 2.05) is 0 Å². The molecule has 5 heteroatoms. The van der Waals surface area contributed by atoms with Crippen molar-refractivity contribution >= 4 is 23.6 Å². The first-order chi connectivity index (χ1) is 8.74. The van der Waals surface area contributed by atoms with Gasteiger partial charge in [0.15, 0.2) is 0 Å². The Kier molecular flexibility index (Phi) is 7.89. The number of rotatable bonds is 9. The van der Waals surface area contributed by atoms with E-state index >= 15 is 0 Å². The van der Waals surface area contributed by atoms with Gasteiger partial charge in [-0.25, -0.2) is 4.79 Å². The average molecular weight is 273 g/mol. The van der Waals surface area contributed by atoms with Crippen LogP contribution in [0.15, 0.2) is 0 Å². The zero-order valence-electron chi connectivity index (χ0n) is 11.1. The maximum absolute atomic E-state index is 11.5. The second-order valence-corrected chi connectivity index (χ2v) is 5.65. The highest BCUT2D eigenvalue weighted by Gasteiger charge is 2.27. The minimum Gasteiger partial charge on any atom is -0.464 e. The number of hydrogen-bond donors (Lipinski definition) is 1. The molecule has 4 nitrogen and oxygen atoms in total. The van der Waals surface area contributed by atoms with Crippen molar-refractivity contribution in [3.63, 3.8) is 0 Å². The summed E-state index contributed by atoms with van der Waals surface area (Å²) >= 11 is 1.64. The number of cyclic esters (lactones) is 1. The molecule has 1 aliphatic rings. The zero-order chi connectivity index (χ0) is 13.2. The van der Waals surface area contributed by atoms with Gasteiger partial charge < -0.3 is 10.1 Å². The minimum absolute atomic E-state index is 0.0580. The number of carbonyl (C=O) groups excluding carboxylic acids is 2. The first kappa shape index (κ1) is 15.3. The van der Waals surface area contributed by atoms with Gasteiger partial charge in [0.2, 0.25) is 5.91 Å². The van der Waals surface area contributed by atoms with Crippen molar-refractivity contribution in [2.24, 2.45) is 0 Å². The van der Waals surface area contributed by atoms with Gasteiger partial charge in [-0.3, -0.25) is 4.79 Å². The summed E-state index contributed by atoms with van der Waals surface area (Å²) in [6, 6.07) is -0.414. The zero-order valence-corrected chi connectivity index (χ0v) is 11.9.